The Balaban J connectivity index is 1.72. The number of methoxy groups -OCH3 is 1. The van der Waals surface area contributed by atoms with Crippen molar-refractivity contribution in [3.8, 4) is 11.4 Å². The SMILES string of the molecule is CCSC1=NN2C(=N)C(=Cc3cc(C)n(-c4cccc(OC)c4)c3C)C(=O)N=C2S1. The van der Waals surface area contributed by atoms with Crippen molar-refractivity contribution in [3.05, 3.63) is 52.9 Å². The zero-order valence-electron chi connectivity index (χ0n) is 17.1. The fraction of sp³-hybridized carbons (Fsp3) is 0.238. The van der Waals surface area contributed by atoms with Crippen molar-refractivity contribution in [2.24, 2.45) is 10.1 Å². The summed E-state index contributed by atoms with van der Waals surface area (Å²) in [6, 6.07) is 9.81. The van der Waals surface area contributed by atoms with Crippen LogP contribution < -0.4 is 4.74 Å². The number of hydrazone groups is 1. The van der Waals surface area contributed by atoms with E-state index >= 15 is 0 Å². The molecule has 1 N–H and O–H groups in total. The highest BCUT2D eigenvalue weighted by Gasteiger charge is 2.35. The molecule has 154 valence electrons. The molecule has 0 bridgehead atoms. The minimum atomic E-state index is -0.414. The van der Waals surface area contributed by atoms with Gasteiger partial charge in [0, 0.05) is 23.1 Å². The Bertz CT molecular complexity index is 1150. The van der Waals surface area contributed by atoms with Crippen LogP contribution in [0.1, 0.15) is 23.9 Å². The summed E-state index contributed by atoms with van der Waals surface area (Å²) < 4.78 is 8.24. The molecular formula is C21H21N5O2S2. The predicted molar refractivity (Wildman–Crippen MR) is 125 cm³/mol. The maximum atomic E-state index is 12.7. The average Bonchev–Trinajstić information content (AvgIpc) is 3.25. The summed E-state index contributed by atoms with van der Waals surface area (Å²) in [6.07, 6.45) is 1.73. The van der Waals surface area contributed by atoms with Gasteiger partial charge in [0.05, 0.1) is 12.7 Å². The number of thioether (sulfide) groups is 2. The van der Waals surface area contributed by atoms with E-state index in [-0.39, 0.29) is 11.4 Å². The molecule has 1 aromatic heterocycles. The maximum absolute atomic E-state index is 12.7. The molecular weight excluding hydrogens is 418 g/mol. The molecule has 2 aromatic rings. The van der Waals surface area contributed by atoms with E-state index in [9.17, 15) is 4.79 Å². The predicted octanol–water partition coefficient (Wildman–Crippen LogP) is 4.43. The van der Waals surface area contributed by atoms with Crippen LogP contribution in [-0.2, 0) is 4.79 Å². The largest absolute Gasteiger partial charge is 0.497 e. The van der Waals surface area contributed by atoms with Crippen LogP contribution in [0.5, 0.6) is 5.75 Å². The Morgan fingerprint density at radius 2 is 2.10 bits per heavy atom. The summed E-state index contributed by atoms with van der Waals surface area (Å²) in [4.78, 5) is 16.8. The Kier molecular flexibility index (Phi) is 5.57. The number of nitrogens with zero attached hydrogens (tertiary/aromatic N) is 4. The summed E-state index contributed by atoms with van der Waals surface area (Å²) in [5, 5.41) is 14.8. The number of aromatic nitrogens is 1. The van der Waals surface area contributed by atoms with E-state index in [0.717, 1.165) is 38.5 Å². The number of carbonyl (C=O) groups excluding carboxylic acids is 1. The van der Waals surface area contributed by atoms with E-state index in [1.807, 2.05) is 51.1 Å². The number of amides is 1. The molecule has 1 amide bonds. The van der Waals surface area contributed by atoms with E-state index < -0.39 is 5.91 Å². The molecule has 0 radical (unpaired) electrons. The molecule has 0 atom stereocenters. The van der Waals surface area contributed by atoms with Gasteiger partial charge >= 0.3 is 0 Å². The molecule has 0 aliphatic carbocycles. The quantitative estimate of drug-likeness (QED) is 0.713. The van der Waals surface area contributed by atoms with Gasteiger partial charge in [0.1, 0.15) is 5.75 Å². The molecule has 2 aliphatic heterocycles. The van der Waals surface area contributed by atoms with E-state index in [4.69, 9.17) is 10.1 Å². The molecule has 0 saturated heterocycles. The van der Waals surface area contributed by atoms with E-state index in [1.165, 1.54) is 16.8 Å². The Morgan fingerprint density at radius 3 is 2.83 bits per heavy atom. The van der Waals surface area contributed by atoms with Gasteiger partial charge in [-0.05, 0) is 61.2 Å². The first-order valence-electron chi connectivity index (χ1n) is 9.39. The highest BCUT2D eigenvalue weighted by Crippen LogP contribution is 2.33. The van der Waals surface area contributed by atoms with Crippen LogP contribution >= 0.6 is 23.5 Å². The van der Waals surface area contributed by atoms with Crippen LogP contribution in [0.4, 0.5) is 0 Å². The van der Waals surface area contributed by atoms with Gasteiger partial charge < -0.3 is 9.30 Å². The van der Waals surface area contributed by atoms with Gasteiger partial charge in [0.15, 0.2) is 10.2 Å². The number of carbonyl (C=O) groups is 1. The standard InChI is InChI=1S/C21H21N5O2S2/c1-5-29-21-24-26-18(22)17(19(27)23-20(26)30-21)10-14-9-12(2)25(13(14)3)15-7-6-8-16(11-15)28-4/h6-11,22H,5H2,1-4H3. The van der Waals surface area contributed by atoms with E-state index in [2.05, 4.69) is 14.7 Å². The number of aryl methyl sites for hydroxylation is 1. The first-order valence-corrected chi connectivity index (χ1v) is 11.2. The minimum Gasteiger partial charge on any atom is -0.497 e. The van der Waals surface area contributed by atoms with Gasteiger partial charge in [-0.25, -0.2) is 0 Å². The smallest absolute Gasteiger partial charge is 0.283 e. The lowest BCUT2D eigenvalue weighted by Gasteiger charge is -2.20. The van der Waals surface area contributed by atoms with E-state index in [0.29, 0.717) is 5.17 Å². The zero-order chi connectivity index (χ0) is 21.4. The van der Waals surface area contributed by atoms with Gasteiger partial charge in [0.2, 0.25) is 5.17 Å². The Hall–Kier alpha value is -2.78. The van der Waals surface area contributed by atoms with E-state index in [1.54, 1.807) is 24.9 Å². The molecule has 7 nitrogen and oxygen atoms in total. The summed E-state index contributed by atoms with van der Waals surface area (Å²) in [6.45, 7) is 6.03. The fourth-order valence-corrected chi connectivity index (χ4v) is 5.22. The number of benzene rings is 1. The van der Waals surface area contributed by atoms with Crippen LogP contribution in [0.25, 0.3) is 11.8 Å². The van der Waals surface area contributed by atoms with Gasteiger partial charge in [-0.15, -0.1) is 5.10 Å². The normalized spacial score (nSPS) is 17.3. The third kappa shape index (κ3) is 3.59. The maximum Gasteiger partial charge on any atom is 0.283 e. The molecule has 30 heavy (non-hydrogen) atoms. The molecule has 9 heteroatoms. The Morgan fingerprint density at radius 1 is 1.30 bits per heavy atom. The second-order valence-electron chi connectivity index (χ2n) is 6.68. The lowest BCUT2D eigenvalue weighted by Crippen LogP contribution is -2.35. The number of ether oxygens (including phenoxy) is 1. The highest BCUT2D eigenvalue weighted by atomic mass is 32.2. The van der Waals surface area contributed by atoms with Crippen molar-refractivity contribution in [3.63, 3.8) is 0 Å². The summed E-state index contributed by atoms with van der Waals surface area (Å²) >= 11 is 2.90. The third-order valence-corrected chi connectivity index (χ3v) is 6.71. The van der Waals surface area contributed by atoms with Crippen molar-refractivity contribution in [2.45, 2.75) is 20.8 Å². The number of hydrogen-bond donors (Lipinski definition) is 1. The van der Waals surface area contributed by atoms with Crippen LogP contribution in [0.2, 0.25) is 0 Å². The van der Waals surface area contributed by atoms with Gasteiger partial charge in [-0.1, -0.05) is 24.8 Å². The highest BCUT2D eigenvalue weighted by molar-refractivity contribution is 8.45. The molecule has 2 aliphatic rings. The third-order valence-electron chi connectivity index (χ3n) is 4.79. The minimum absolute atomic E-state index is 0.0513. The molecule has 4 rings (SSSR count). The first kappa shape index (κ1) is 20.5. The van der Waals surface area contributed by atoms with Crippen molar-refractivity contribution in [1.82, 2.24) is 9.58 Å². The van der Waals surface area contributed by atoms with Crippen LogP contribution in [-0.4, -0.2) is 43.7 Å². The van der Waals surface area contributed by atoms with Gasteiger partial charge in [-0.3, -0.25) is 10.2 Å². The van der Waals surface area contributed by atoms with Crippen molar-refractivity contribution < 1.29 is 9.53 Å². The molecule has 0 unspecified atom stereocenters. The molecule has 0 fully saturated rings. The van der Waals surface area contributed by atoms with Gasteiger partial charge in [-0.2, -0.15) is 10.0 Å². The number of hydrogen-bond acceptors (Lipinski definition) is 6. The molecule has 0 spiro atoms. The summed E-state index contributed by atoms with van der Waals surface area (Å²) in [5.41, 5.74) is 4.05. The van der Waals surface area contributed by atoms with Crippen molar-refractivity contribution in [2.75, 3.05) is 12.9 Å². The molecule has 1 aromatic carbocycles. The zero-order valence-corrected chi connectivity index (χ0v) is 18.7. The van der Waals surface area contributed by atoms with Gasteiger partial charge in [0.25, 0.3) is 5.91 Å². The number of rotatable bonds is 4. The number of amidine groups is 2. The topological polar surface area (TPSA) is 83.0 Å². The number of aliphatic imine (C=N–C) groups is 1. The monoisotopic (exact) mass is 439 g/mol. The fourth-order valence-electron chi connectivity index (χ4n) is 3.39. The van der Waals surface area contributed by atoms with Crippen molar-refractivity contribution >= 4 is 50.9 Å². The lowest BCUT2D eigenvalue weighted by molar-refractivity contribution is -0.114. The van der Waals surface area contributed by atoms with Crippen LogP contribution in [0, 0.1) is 19.3 Å². The molecule has 3 heterocycles. The average molecular weight is 440 g/mol. The summed E-state index contributed by atoms with van der Waals surface area (Å²) in [5.74, 6) is 1.28. The first-order chi connectivity index (χ1) is 14.4. The second-order valence-corrected chi connectivity index (χ2v) is 9.15. The Labute approximate surface area is 183 Å². The van der Waals surface area contributed by atoms with Crippen LogP contribution in [0.3, 0.4) is 0 Å². The lowest BCUT2D eigenvalue weighted by atomic mass is 10.1. The summed E-state index contributed by atoms with van der Waals surface area (Å²) in [7, 11) is 1.64. The second kappa shape index (κ2) is 8.16. The van der Waals surface area contributed by atoms with Crippen LogP contribution in [0.15, 0.2) is 46.0 Å². The number of nitrogens with one attached hydrogen (secondary N) is 1. The molecule has 0 saturated carbocycles. The number of fused-ring (bicyclic) bond motifs is 1. The van der Waals surface area contributed by atoms with Crippen molar-refractivity contribution in [1.29, 1.82) is 5.41 Å².